The topological polar surface area (TPSA) is 75.4 Å². The van der Waals surface area contributed by atoms with Gasteiger partial charge in [0.2, 0.25) is 5.89 Å². The molecular weight excluding hydrogens is 293 g/mol. The van der Waals surface area contributed by atoms with E-state index >= 15 is 0 Å². The summed E-state index contributed by atoms with van der Waals surface area (Å²) in [7, 11) is 0. The van der Waals surface area contributed by atoms with Crippen molar-refractivity contribution in [2.24, 2.45) is 0 Å². The van der Waals surface area contributed by atoms with E-state index in [2.05, 4.69) is 10.3 Å². The van der Waals surface area contributed by atoms with Gasteiger partial charge in [-0.05, 0) is 13.8 Å². The lowest BCUT2D eigenvalue weighted by Gasteiger charge is -2.19. The highest BCUT2D eigenvalue weighted by molar-refractivity contribution is 6.53. The SMILES string of the molecule is CCNC(=O)c1coc(CN(CC)C(=O)C(Cl)Cl)n1. The molecule has 1 heterocycles. The van der Waals surface area contributed by atoms with Crippen LogP contribution in [0.2, 0.25) is 0 Å². The van der Waals surface area contributed by atoms with Gasteiger partial charge in [-0.1, -0.05) is 23.2 Å². The van der Waals surface area contributed by atoms with Crippen LogP contribution < -0.4 is 5.32 Å². The largest absolute Gasteiger partial charge is 0.446 e. The molecule has 0 spiro atoms. The van der Waals surface area contributed by atoms with E-state index in [1.54, 1.807) is 13.8 Å². The van der Waals surface area contributed by atoms with E-state index in [-0.39, 0.29) is 24.0 Å². The molecule has 0 saturated heterocycles. The molecule has 1 rings (SSSR count). The van der Waals surface area contributed by atoms with Crippen LogP contribution >= 0.6 is 23.2 Å². The number of nitrogens with one attached hydrogen (secondary N) is 1. The summed E-state index contributed by atoms with van der Waals surface area (Å²) in [6.45, 7) is 4.61. The lowest BCUT2D eigenvalue weighted by molar-refractivity contribution is -0.130. The monoisotopic (exact) mass is 307 g/mol. The second-order valence-electron chi connectivity index (χ2n) is 3.64. The average molecular weight is 308 g/mol. The van der Waals surface area contributed by atoms with Gasteiger partial charge in [-0.3, -0.25) is 9.59 Å². The number of oxazole rings is 1. The van der Waals surface area contributed by atoms with Crippen molar-refractivity contribution in [2.75, 3.05) is 13.1 Å². The minimum atomic E-state index is -1.13. The van der Waals surface area contributed by atoms with Crippen molar-refractivity contribution in [1.29, 1.82) is 0 Å². The fourth-order valence-electron chi connectivity index (χ4n) is 1.39. The number of halogens is 2. The van der Waals surface area contributed by atoms with Crippen molar-refractivity contribution in [2.45, 2.75) is 25.2 Å². The summed E-state index contributed by atoms with van der Waals surface area (Å²) >= 11 is 11.0. The van der Waals surface area contributed by atoms with E-state index in [1.165, 1.54) is 11.2 Å². The summed E-state index contributed by atoms with van der Waals surface area (Å²) in [6.07, 6.45) is 1.25. The van der Waals surface area contributed by atoms with E-state index < -0.39 is 10.7 Å². The van der Waals surface area contributed by atoms with Gasteiger partial charge in [0.05, 0.1) is 6.54 Å². The number of hydrogen-bond acceptors (Lipinski definition) is 4. The molecule has 0 fully saturated rings. The van der Waals surface area contributed by atoms with E-state index in [0.29, 0.717) is 13.1 Å². The quantitative estimate of drug-likeness (QED) is 0.810. The molecule has 1 N–H and O–H groups in total. The van der Waals surface area contributed by atoms with Gasteiger partial charge in [-0.2, -0.15) is 0 Å². The first-order chi connectivity index (χ1) is 8.99. The highest BCUT2D eigenvalue weighted by Crippen LogP contribution is 2.11. The molecule has 8 heteroatoms. The van der Waals surface area contributed by atoms with Crippen LogP contribution in [0.25, 0.3) is 0 Å². The van der Waals surface area contributed by atoms with Crippen LogP contribution in [-0.2, 0) is 11.3 Å². The molecule has 1 aromatic heterocycles. The average Bonchev–Trinajstić information content (AvgIpc) is 2.84. The van der Waals surface area contributed by atoms with Gasteiger partial charge >= 0.3 is 0 Å². The second kappa shape index (κ2) is 7.35. The predicted molar refractivity (Wildman–Crippen MR) is 71.1 cm³/mol. The minimum absolute atomic E-state index is 0.116. The molecule has 19 heavy (non-hydrogen) atoms. The van der Waals surface area contributed by atoms with Crippen LogP contribution in [0.3, 0.4) is 0 Å². The van der Waals surface area contributed by atoms with Gasteiger partial charge in [-0.15, -0.1) is 0 Å². The Morgan fingerprint density at radius 1 is 1.47 bits per heavy atom. The Hall–Kier alpha value is -1.27. The van der Waals surface area contributed by atoms with Gasteiger partial charge in [0.15, 0.2) is 10.5 Å². The summed E-state index contributed by atoms with van der Waals surface area (Å²) in [5.74, 6) is -0.492. The maximum atomic E-state index is 11.6. The molecule has 0 atom stereocenters. The molecule has 0 saturated carbocycles. The molecule has 0 aliphatic carbocycles. The Morgan fingerprint density at radius 3 is 2.68 bits per heavy atom. The number of hydrogen-bond donors (Lipinski definition) is 1. The van der Waals surface area contributed by atoms with E-state index in [1.807, 2.05) is 0 Å². The Balaban J connectivity index is 2.71. The number of rotatable bonds is 6. The third-order valence-electron chi connectivity index (χ3n) is 2.33. The molecule has 0 radical (unpaired) electrons. The third-order valence-corrected chi connectivity index (χ3v) is 2.70. The van der Waals surface area contributed by atoms with Crippen molar-refractivity contribution >= 4 is 35.0 Å². The van der Waals surface area contributed by atoms with Crippen LogP contribution in [0.1, 0.15) is 30.2 Å². The van der Waals surface area contributed by atoms with Gasteiger partial charge in [-0.25, -0.2) is 4.98 Å². The molecule has 1 aromatic rings. The number of alkyl halides is 2. The molecule has 6 nitrogen and oxygen atoms in total. The van der Waals surface area contributed by atoms with Crippen molar-refractivity contribution in [3.05, 3.63) is 17.8 Å². The first-order valence-electron chi connectivity index (χ1n) is 5.79. The van der Waals surface area contributed by atoms with E-state index in [9.17, 15) is 9.59 Å². The van der Waals surface area contributed by atoms with Crippen molar-refractivity contribution in [3.8, 4) is 0 Å². The number of aromatic nitrogens is 1. The summed E-state index contributed by atoms with van der Waals surface area (Å²) < 4.78 is 5.14. The van der Waals surface area contributed by atoms with Crippen LogP contribution in [0.4, 0.5) is 0 Å². The van der Waals surface area contributed by atoms with E-state index in [0.717, 1.165) is 0 Å². The third kappa shape index (κ3) is 4.40. The Morgan fingerprint density at radius 2 is 2.16 bits per heavy atom. The molecule has 0 aliphatic rings. The van der Waals surface area contributed by atoms with Gasteiger partial charge in [0, 0.05) is 13.1 Å². The van der Waals surface area contributed by atoms with Crippen LogP contribution in [0.5, 0.6) is 0 Å². The first-order valence-corrected chi connectivity index (χ1v) is 6.66. The summed E-state index contributed by atoms with van der Waals surface area (Å²) in [4.78, 5) is 27.4. The maximum absolute atomic E-state index is 11.6. The van der Waals surface area contributed by atoms with Crippen LogP contribution in [0, 0.1) is 0 Å². The fraction of sp³-hybridized carbons (Fsp3) is 0.545. The van der Waals surface area contributed by atoms with E-state index in [4.69, 9.17) is 27.6 Å². The Labute approximate surface area is 121 Å². The normalized spacial score (nSPS) is 10.6. The van der Waals surface area contributed by atoms with Crippen molar-refractivity contribution < 1.29 is 14.0 Å². The minimum Gasteiger partial charge on any atom is -0.446 e. The predicted octanol–water partition coefficient (Wildman–Crippen LogP) is 1.58. The molecule has 0 aromatic carbocycles. The smallest absolute Gasteiger partial charge is 0.273 e. The Kier molecular flexibility index (Phi) is 6.11. The molecule has 106 valence electrons. The summed E-state index contributed by atoms with van der Waals surface area (Å²) in [5, 5.41) is 2.60. The number of carbonyl (C=O) groups is 2. The number of nitrogens with zero attached hydrogens (tertiary/aromatic N) is 2. The first kappa shape index (κ1) is 15.8. The Bertz CT molecular complexity index is 448. The van der Waals surface area contributed by atoms with Crippen LogP contribution in [0.15, 0.2) is 10.7 Å². The molecule has 0 unspecified atom stereocenters. The highest BCUT2D eigenvalue weighted by atomic mass is 35.5. The molecular formula is C11H15Cl2N3O3. The lowest BCUT2D eigenvalue weighted by Crippen LogP contribution is -2.34. The highest BCUT2D eigenvalue weighted by Gasteiger charge is 2.21. The molecule has 0 bridgehead atoms. The number of carbonyl (C=O) groups excluding carboxylic acids is 2. The van der Waals surface area contributed by atoms with Crippen molar-refractivity contribution in [3.63, 3.8) is 0 Å². The standard InChI is InChI=1S/C11H15Cl2N3O3/c1-3-14-10(17)7-6-19-8(15-7)5-16(4-2)11(18)9(12)13/h6,9H,3-5H2,1-2H3,(H,14,17). The zero-order chi connectivity index (χ0) is 14.4. The van der Waals surface area contributed by atoms with Crippen LogP contribution in [-0.4, -0.2) is 39.6 Å². The van der Waals surface area contributed by atoms with Gasteiger partial charge in [0.1, 0.15) is 6.26 Å². The summed E-state index contributed by atoms with van der Waals surface area (Å²) in [5.41, 5.74) is 0.175. The molecule has 0 aliphatic heterocycles. The van der Waals surface area contributed by atoms with Gasteiger partial charge < -0.3 is 14.6 Å². The molecule has 2 amide bonds. The summed E-state index contributed by atoms with van der Waals surface area (Å²) in [6, 6.07) is 0. The second-order valence-corrected chi connectivity index (χ2v) is 4.74. The fourth-order valence-corrected chi connectivity index (χ4v) is 1.66. The lowest BCUT2D eigenvalue weighted by atomic mass is 10.4. The zero-order valence-corrected chi connectivity index (χ0v) is 12.2. The maximum Gasteiger partial charge on any atom is 0.273 e. The number of amides is 2. The van der Waals surface area contributed by atoms with Crippen molar-refractivity contribution in [1.82, 2.24) is 15.2 Å². The zero-order valence-electron chi connectivity index (χ0n) is 10.7. The van der Waals surface area contributed by atoms with Gasteiger partial charge in [0.25, 0.3) is 11.8 Å².